The van der Waals surface area contributed by atoms with Gasteiger partial charge in [-0.3, -0.25) is 4.79 Å². The van der Waals surface area contributed by atoms with Gasteiger partial charge >= 0.3 is 0 Å². The highest BCUT2D eigenvalue weighted by Crippen LogP contribution is 2.18. The number of rotatable bonds is 9. The lowest BCUT2D eigenvalue weighted by Gasteiger charge is -2.15. The van der Waals surface area contributed by atoms with Crippen LogP contribution < -0.4 is 0 Å². The molecule has 0 saturated heterocycles. The van der Waals surface area contributed by atoms with Crippen LogP contribution in [-0.4, -0.2) is 12.1 Å². The molecule has 0 bridgehead atoms. The highest BCUT2D eigenvalue weighted by Gasteiger charge is 2.15. The molecule has 0 fully saturated rings. The third-order valence-corrected chi connectivity index (χ3v) is 3.66. The van der Waals surface area contributed by atoms with E-state index in [4.69, 9.17) is 0 Å². The number of carbonyl (C=O) groups excluding carboxylic acids is 2. The topological polar surface area (TPSA) is 34.1 Å². The SMILES string of the molecule is CCC(CC)CC(=O)CCC(C)C(C)C=O. The van der Waals surface area contributed by atoms with E-state index in [1.807, 2.05) is 13.8 Å². The molecule has 2 heteroatoms. The Labute approximate surface area is 99.8 Å². The maximum atomic E-state index is 11.7. The molecule has 16 heavy (non-hydrogen) atoms. The average molecular weight is 226 g/mol. The van der Waals surface area contributed by atoms with Crippen LogP contribution in [0.5, 0.6) is 0 Å². The van der Waals surface area contributed by atoms with Crippen LogP contribution in [0.15, 0.2) is 0 Å². The van der Waals surface area contributed by atoms with E-state index in [-0.39, 0.29) is 5.92 Å². The minimum atomic E-state index is 0.0703. The molecule has 2 unspecified atom stereocenters. The Bertz CT molecular complexity index is 207. The molecule has 0 aromatic rings. The lowest BCUT2D eigenvalue weighted by molar-refractivity contribution is -0.120. The van der Waals surface area contributed by atoms with Crippen LogP contribution in [-0.2, 0) is 9.59 Å². The van der Waals surface area contributed by atoms with Gasteiger partial charge in [-0.1, -0.05) is 40.5 Å². The Morgan fingerprint density at radius 3 is 2.19 bits per heavy atom. The van der Waals surface area contributed by atoms with Gasteiger partial charge in [0.25, 0.3) is 0 Å². The summed E-state index contributed by atoms with van der Waals surface area (Å²) in [4.78, 5) is 22.3. The smallest absolute Gasteiger partial charge is 0.133 e. The molecule has 0 spiro atoms. The number of ketones is 1. The number of aldehydes is 1. The molecular formula is C14H26O2. The summed E-state index contributed by atoms with van der Waals surface area (Å²) >= 11 is 0. The summed E-state index contributed by atoms with van der Waals surface area (Å²) in [6.07, 6.45) is 5.35. The second kappa shape index (κ2) is 8.49. The van der Waals surface area contributed by atoms with Crippen LogP contribution in [0.1, 0.15) is 59.8 Å². The monoisotopic (exact) mass is 226 g/mol. The summed E-state index contributed by atoms with van der Waals surface area (Å²) in [5.74, 6) is 1.30. The van der Waals surface area contributed by atoms with Gasteiger partial charge in [-0.15, -0.1) is 0 Å². The van der Waals surface area contributed by atoms with Crippen LogP contribution in [0.25, 0.3) is 0 Å². The summed E-state index contributed by atoms with van der Waals surface area (Å²) in [6, 6.07) is 0. The number of hydrogen-bond acceptors (Lipinski definition) is 2. The maximum absolute atomic E-state index is 11.7. The molecule has 0 heterocycles. The highest BCUT2D eigenvalue weighted by atomic mass is 16.1. The van der Waals surface area contributed by atoms with E-state index in [1.165, 1.54) is 0 Å². The van der Waals surface area contributed by atoms with Crippen LogP contribution in [0.3, 0.4) is 0 Å². The van der Waals surface area contributed by atoms with Gasteiger partial charge in [0, 0.05) is 18.8 Å². The van der Waals surface area contributed by atoms with Crippen molar-refractivity contribution in [3.05, 3.63) is 0 Å². The summed E-state index contributed by atoms with van der Waals surface area (Å²) in [6.45, 7) is 8.24. The van der Waals surface area contributed by atoms with Crippen LogP contribution >= 0.6 is 0 Å². The summed E-state index contributed by atoms with van der Waals surface area (Å²) in [5, 5.41) is 0. The van der Waals surface area contributed by atoms with Crippen molar-refractivity contribution in [1.29, 1.82) is 0 Å². The summed E-state index contributed by atoms with van der Waals surface area (Å²) in [5.41, 5.74) is 0. The molecule has 0 aliphatic carbocycles. The molecule has 0 aliphatic heterocycles. The molecule has 0 aliphatic rings. The van der Waals surface area contributed by atoms with Gasteiger partial charge in [0.05, 0.1) is 0 Å². The third kappa shape index (κ3) is 6.04. The molecule has 0 aromatic carbocycles. The van der Waals surface area contributed by atoms with Crippen molar-refractivity contribution in [1.82, 2.24) is 0 Å². The Morgan fingerprint density at radius 2 is 1.75 bits per heavy atom. The lowest BCUT2D eigenvalue weighted by Crippen LogP contribution is -2.13. The van der Waals surface area contributed by atoms with Crippen molar-refractivity contribution in [2.24, 2.45) is 17.8 Å². The second-order valence-electron chi connectivity index (χ2n) is 4.94. The molecule has 0 saturated carbocycles. The highest BCUT2D eigenvalue weighted by molar-refractivity contribution is 5.78. The normalized spacial score (nSPS) is 14.8. The molecule has 0 amide bonds. The Kier molecular flexibility index (Phi) is 8.14. The van der Waals surface area contributed by atoms with Gasteiger partial charge in [0.15, 0.2) is 0 Å². The van der Waals surface area contributed by atoms with Gasteiger partial charge in [-0.25, -0.2) is 0 Å². The van der Waals surface area contributed by atoms with E-state index >= 15 is 0 Å². The van der Waals surface area contributed by atoms with E-state index in [0.29, 0.717) is 24.0 Å². The van der Waals surface area contributed by atoms with Crippen molar-refractivity contribution >= 4 is 12.1 Å². The van der Waals surface area contributed by atoms with E-state index in [2.05, 4.69) is 13.8 Å². The third-order valence-electron chi connectivity index (χ3n) is 3.66. The van der Waals surface area contributed by atoms with Crippen molar-refractivity contribution in [2.45, 2.75) is 59.8 Å². The number of hydrogen-bond donors (Lipinski definition) is 0. The molecule has 0 rings (SSSR count). The van der Waals surface area contributed by atoms with Crippen molar-refractivity contribution in [3.8, 4) is 0 Å². The van der Waals surface area contributed by atoms with Gasteiger partial charge < -0.3 is 4.79 Å². The minimum absolute atomic E-state index is 0.0703. The Hall–Kier alpha value is -0.660. The predicted octanol–water partition coefficient (Wildman–Crippen LogP) is 3.63. The van der Waals surface area contributed by atoms with Gasteiger partial charge in [-0.2, -0.15) is 0 Å². The second-order valence-corrected chi connectivity index (χ2v) is 4.94. The van der Waals surface area contributed by atoms with E-state index in [0.717, 1.165) is 32.0 Å². The fraction of sp³-hybridized carbons (Fsp3) is 0.857. The lowest BCUT2D eigenvalue weighted by atomic mass is 9.89. The molecule has 2 nitrogen and oxygen atoms in total. The number of carbonyl (C=O) groups is 2. The summed E-state index contributed by atoms with van der Waals surface area (Å²) < 4.78 is 0. The zero-order valence-corrected chi connectivity index (χ0v) is 11.2. The molecule has 0 radical (unpaired) electrons. The first kappa shape index (κ1) is 15.3. The van der Waals surface area contributed by atoms with Crippen LogP contribution in [0.2, 0.25) is 0 Å². The summed E-state index contributed by atoms with van der Waals surface area (Å²) in [7, 11) is 0. The zero-order valence-electron chi connectivity index (χ0n) is 11.2. The standard InChI is InChI=1S/C14H26O2/c1-5-13(6-2)9-14(16)8-7-11(3)12(4)10-15/h10-13H,5-9H2,1-4H3. The molecule has 94 valence electrons. The minimum Gasteiger partial charge on any atom is -0.303 e. The van der Waals surface area contributed by atoms with Gasteiger partial charge in [0.2, 0.25) is 0 Å². The van der Waals surface area contributed by atoms with Crippen molar-refractivity contribution in [2.75, 3.05) is 0 Å². The number of Topliss-reactive ketones (excluding diaryl/α,β-unsaturated/α-hetero) is 1. The Balaban J connectivity index is 3.84. The molecule has 2 atom stereocenters. The molecule has 0 N–H and O–H groups in total. The van der Waals surface area contributed by atoms with Gasteiger partial charge in [-0.05, 0) is 18.3 Å². The van der Waals surface area contributed by atoms with E-state index in [1.54, 1.807) is 0 Å². The first-order valence-corrected chi connectivity index (χ1v) is 6.52. The predicted molar refractivity (Wildman–Crippen MR) is 67.3 cm³/mol. The van der Waals surface area contributed by atoms with Gasteiger partial charge in [0.1, 0.15) is 12.1 Å². The molecule has 0 aromatic heterocycles. The van der Waals surface area contributed by atoms with E-state index < -0.39 is 0 Å². The van der Waals surface area contributed by atoms with Crippen LogP contribution in [0, 0.1) is 17.8 Å². The fourth-order valence-electron chi connectivity index (χ4n) is 1.79. The first-order chi connectivity index (χ1) is 7.54. The maximum Gasteiger partial charge on any atom is 0.133 e. The van der Waals surface area contributed by atoms with E-state index in [9.17, 15) is 9.59 Å². The van der Waals surface area contributed by atoms with Crippen LogP contribution in [0.4, 0.5) is 0 Å². The average Bonchev–Trinajstić information content (AvgIpc) is 2.31. The first-order valence-electron chi connectivity index (χ1n) is 6.52. The van der Waals surface area contributed by atoms with Crippen molar-refractivity contribution < 1.29 is 9.59 Å². The fourth-order valence-corrected chi connectivity index (χ4v) is 1.79. The Morgan fingerprint density at radius 1 is 1.19 bits per heavy atom. The largest absolute Gasteiger partial charge is 0.303 e. The van der Waals surface area contributed by atoms with Crippen molar-refractivity contribution in [3.63, 3.8) is 0 Å². The quantitative estimate of drug-likeness (QED) is 0.563. The zero-order chi connectivity index (χ0) is 12.6. The molecular weight excluding hydrogens is 200 g/mol.